The topological polar surface area (TPSA) is 77.6 Å². The van der Waals surface area contributed by atoms with Crippen LogP contribution in [0.4, 0.5) is 10.1 Å². The van der Waals surface area contributed by atoms with Gasteiger partial charge in [0, 0.05) is 24.8 Å². The van der Waals surface area contributed by atoms with Crippen LogP contribution in [0.1, 0.15) is 43.1 Å². The van der Waals surface area contributed by atoms with Gasteiger partial charge < -0.3 is 19.9 Å². The van der Waals surface area contributed by atoms with E-state index in [0.29, 0.717) is 41.3 Å². The fourth-order valence-electron chi connectivity index (χ4n) is 6.15. The van der Waals surface area contributed by atoms with E-state index in [4.69, 9.17) is 10.5 Å². The maximum atomic E-state index is 15.4. The Bertz CT molecular complexity index is 1160. The van der Waals surface area contributed by atoms with Gasteiger partial charge in [-0.3, -0.25) is 9.59 Å². The molecule has 7 heteroatoms. The van der Waals surface area contributed by atoms with Gasteiger partial charge in [-0.1, -0.05) is 0 Å². The Morgan fingerprint density at radius 1 is 1.38 bits per heavy atom. The average molecular weight is 397 g/mol. The van der Waals surface area contributed by atoms with E-state index >= 15 is 4.39 Å². The molecule has 2 saturated carbocycles. The zero-order chi connectivity index (χ0) is 20.2. The molecule has 2 aliphatic carbocycles. The molecule has 152 valence electrons. The lowest BCUT2D eigenvalue weighted by molar-refractivity contribution is 0.101. The number of ketones is 1. The number of benzene rings is 1. The summed E-state index contributed by atoms with van der Waals surface area (Å²) in [5, 5.41) is 0.206. The largest absolute Gasteiger partial charge is 0.487 e. The van der Waals surface area contributed by atoms with E-state index in [1.807, 2.05) is 11.5 Å². The van der Waals surface area contributed by atoms with Gasteiger partial charge in [0.25, 0.3) is 0 Å². The lowest BCUT2D eigenvalue weighted by Gasteiger charge is -2.31. The first kappa shape index (κ1) is 17.4. The van der Waals surface area contributed by atoms with Gasteiger partial charge in [-0.25, -0.2) is 4.39 Å². The van der Waals surface area contributed by atoms with Crippen molar-refractivity contribution in [3.8, 4) is 5.75 Å². The van der Waals surface area contributed by atoms with Crippen molar-refractivity contribution in [2.75, 3.05) is 24.6 Å². The molecular formula is C22H24FN3O3. The van der Waals surface area contributed by atoms with Gasteiger partial charge in [-0.2, -0.15) is 0 Å². The summed E-state index contributed by atoms with van der Waals surface area (Å²) < 4.78 is 23.3. The fourth-order valence-corrected chi connectivity index (χ4v) is 6.15. The first-order valence-corrected chi connectivity index (χ1v) is 10.4. The van der Waals surface area contributed by atoms with Crippen molar-refractivity contribution in [1.82, 2.24) is 4.57 Å². The molecule has 2 aromatic rings. The number of aromatic nitrogens is 1. The highest BCUT2D eigenvalue weighted by atomic mass is 19.1. The standard InChI is InChI=1S/C22H24FN3O3/c1-10-9-29-21-18-14(20(28)15(11(2)27)7-26(10)18)4-17(23)19(21)25-6-12-3-13-5-22(13,24)16(12)8-25/h4,7,10,12-13,16H,3,5-6,8-9,24H2,1-2H3/t10-,12+,13?,16-,22+/m0/s1. The SMILES string of the molecule is CC(=O)c1cn2c3c(c(N4C[C@H]5CC6C[C@]6(N)[C@H]5C4)c(F)cc3c1=O)OC[C@@H]2C. The highest BCUT2D eigenvalue weighted by molar-refractivity contribution is 6.00. The molecule has 0 spiro atoms. The summed E-state index contributed by atoms with van der Waals surface area (Å²) in [5.74, 6) is 1.15. The van der Waals surface area contributed by atoms with E-state index in [1.54, 1.807) is 6.20 Å². The number of halogens is 1. The van der Waals surface area contributed by atoms with Gasteiger partial charge in [0.1, 0.15) is 12.3 Å². The first-order valence-electron chi connectivity index (χ1n) is 10.4. The molecule has 2 N–H and O–H groups in total. The zero-order valence-corrected chi connectivity index (χ0v) is 16.6. The molecule has 2 aliphatic heterocycles. The maximum absolute atomic E-state index is 15.4. The summed E-state index contributed by atoms with van der Waals surface area (Å²) >= 11 is 0. The second-order valence-corrected chi connectivity index (χ2v) is 9.45. The van der Waals surface area contributed by atoms with E-state index in [-0.39, 0.29) is 28.3 Å². The molecule has 0 radical (unpaired) electrons. The molecule has 5 atom stereocenters. The number of anilines is 1. The summed E-state index contributed by atoms with van der Waals surface area (Å²) in [6.07, 6.45) is 3.80. The van der Waals surface area contributed by atoms with Crippen LogP contribution >= 0.6 is 0 Å². The predicted molar refractivity (Wildman–Crippen MR) is 107 cm³/mol. The number of Topliss-reactive ketones (excluding diaryl/α,β-unsaturated/α-hetero) is 1. The molecule has 0 bridgehead atoms. The van der Waals surface area contributed by atoms with Crippen molar-refractivity contribution >= 4 is 22.4 Å². The highest BCUT2D eigenvalue weighted by Gasteiger charge is 2.66. The molecule has 6 nitrogen and oxygen atoms in total. The van der Waals surface area contributed by atoms with Crippen molar-refractivity contribution < 1.29 is 13.9 Å². The normalized spacial score (nSPS) is 34.1. The number of ether oxygens (including phenoxy) is 1. The minimum Gasteiger partial charge on any atom is -0.487 e. The molecule has 3 fully saturated rings. The van der Waals surface area contributed by atoms with Gasteiger partial charge in [0.05, 0.1) is 22.5 Å². The van der Waals surface area contributed by atoms with E-state index < -0.39 is 11.2 Å². The molecule has 1 unspecified atom stereocenters. The van der Waals surface area contributed by atoms with Crippen LogP contribution in [0.2, 0.25) is 0 Å². The Balaban J connectivity index is 1.55. The van der Waals surface area contributed by atoms with Gasteiger partial charge in [-0.05, 0) is 50.5 Å². The molecule has 1 aromatic heterocycles. The number of carbonyl (C=O) groups excluding carboxylic acids is 1. The second-order valence-electron chi connectivity index (χ2n) is 9.45. The molecule has 0 amide bonds. The van der Waals surface area contributed by atoms with E-state index in [0.717, 1.165) is 25.9 Å². The summed E-state index contributed by atoms with van der Waals surface area (Å²) in [5.41, 5.74) is 7.16. The minimum absolute atomic E-state index is 0.0560. The molecule has 3 heterocycles. The lowest BCUT2D eigenvalue weighted by Crippen LogP contribution is -2.35. The third-order valence-corrected chi connectivity index (χ3v) is 7.76. The van der Waals surface area contributed by atoms with Crippen molar-refractivity contribution in [3.05, 3.63) is 33.9 Å². The number of hydrogen-bond acceptors (Lipinski definition) is 5. The van der Waals surface area contributed by atoms with Crippen molar-refractivity contribution in [2.24, 2.45) is 23.5 Å². The minimum atomic E-state index is -0.468. The number of hydrogen-bond donors (Lipinski definition) is 1. The van der Waals surface area contributed by atoms with Crippen LogP contribution in [0.15, 0.2) is 17.1 Å². The summed E-state index contributed by atoms with van der Waals surface area (Å²) in [4.78, 5) is 26.9. The Kier molecular flexibility index (Phi) is 3.24. The second kappa shape index (κ2) is 5.39. The molecule has 29 heavy (non-hydrogen) atoms. The van der Waals surface area contributed by atoms with Gasteiger partial charge in [0.2, 0.25) is 0 Å². The van der Waals surface area contributed by atoms with Gasteiger partial charge in [-0.15, -0.1) is 0 Å². The average Bonchev–Trinajstić information content (AvgIpc) is 3.02. The number of fused-ring (bicyclic) bond motifs is 3. The van der Waals surface area contributed by atoms with E-state index in [9.17, 15) is 9.59 Å². The monoisotopic (exact) mass is 397 g/mol. The van der Waals surface area contributed by atoms with E-state index in [2.05, 4.69) is 4.90 Å². The Morgan fingerprint density at radius 2 is 2.17 bits per heavy atom. The van der Waals surface area contributed by atoms with Crippen LogP contribution in [0, 0.1) is 23.6 Å². The maximum Gasteiger partial charge on any atom is 0.200 e. The quantitative estimate of drug-likeness (QED) is 0.788. The first-order chi connectivity index (χ1) is 13.8. The third-order valence-electron chi connectivity index (χ3n) is 7.76. The Hall–Kier alpha value is -2.41. The van der Waals surface area contributed by atoms with Gasteiger partial charge in [0.15, 0.2) is 22.8 Å². The number of nitrogens with zero attached hydrogens (tertiary/aromatic N) is 2. The number of rotatable bonds is 2. The number of pyridine rings is 1. The Labute approximate surface area is 167 Å². The van der Waals surface area contributed by atoms with Crippen LogP contribution in [0.5, 0.6) is 5.75 Å². The third kappa shape index (κ3) is 2.14. The lowest BCUT2D eigenvalue weighted by atomic mass is 9.92. The van der Waals surface area contributed by atoms with Crippen LogP contribution in [-0.4, -0.2) is 35.6 Å². The van der Waals surface area contributed by atoms with Gasteiger partial charge >= 0.3 is 0 Å². The molecule has 6 rings (SSSR count). The summed E-state index contributed by atoms with van der Waals surface area (Å²) in [6, 6.07) is 1.23. The zero-order valence-electron chi connectivity index (χ0n) is 16.6. The predicted octanol–water partition coefficient (Wildman–Crippen LogP) is 2.47. The van der Waals surface area contributed by atoms with Crippen LogP contribution in [0.25, 0.3) is 10.9 Å². The van der Waals surface area contributed by atoms with Crippen LogP contribution in [-0.2, 0) is 0 Å². The van der Waals surface area contributed by atoms with E-state index in [1.165, 1.54) is 13.0 Å². The molecule has 4 aliphatic rings. The van der Waals surface area contributed by atoms with Crippen molar-refractivity contribution in [3.63, 3.8) is 0 Å². The van der Waals surface area contributed by atoms with Crippen LogP contribution < -0.4 is 20.8 Å². The highest BCUT2D eigenvalue weighted by Crippen LogP contribution is 2.62. The molecule has 1 aromatic carbocycles. The summed E-state index contributed by atoms with van der Waals surface area (Å²) in [7, 11) is 0. The molecular weight excluding hydrogens is 373 g/mol. The molecule has 1 saturated heterocycles. The number of nitrogens with two attached hydrogens (primary N) is 1. The Morgan fingerprint density at radius 3 is 2.90 bits per heavy atom. The fraction of sp³-hybridized carbons (Fsp3) is 0.545. The van der Waals surface area contributed by atoms with Crippen molar-refractivity contribution in [1.29, 1.82) is 0 Å². The number of carbonyl (C=O) groups is 1. The smallest absolute Gasteiger partial charge is 0.200 e. The van der Waals surface area contributed by atoms with Crippen LogP contribution in [0.3, 0.4) is 0 Å². The summed E-state index contributed by atoms with van der Waals surface area (Å²) in [6.45, 7) is 5.18. The van der Waals surface area contributed by atoms with Crippen molar-refractivity contribution in [2.45, 2.75) is 38.3 Å².